The standard InChI is InChI=1S/C15H13BrN2O4/c1-22-15(19)11-4-2-10(3-5-11)9-17-13-8-12(16)6-7-14(13)18(20)21/h2-8,17H,9H2,1H3. The van der Waals surface area contributed by atoms with E-state index in [1.807, 2.05) is 0 Å². The van der Waals surface area contributed by atoms with E-state index >= 15 is 0 Å². The van der Waals surface area contributed by atoms with E-state index in [4.69, 9.17) is 0 Å². The van der Waals surface area contributed by atoms with E-state index in [2.05, 4.69) is 26.0 Å². The summed E-state index contributed by atoms with van der Waals surface area (Å²) < 4.78 is 5.38. The molecule has 114 valence electrons. The summed E-state index contributed by atoms with van der Waals surface area (Å²) in [6.45, 7) is 0.402. The minimum atomic E-state index is -0.435. The van der Waals surface area contributed by atoms with E-state index in [1.165, 1.54) is 13.2 Å². The molecule has 0 aliphatic rings. The van der Waals surface area contributed by atoms with Crippen LogP contribution in [0, 0.1) is 10.1 Å². The number of esters is 1. The third kappa shape index (κ3) is 3.82. The molecule has 0 heterocycles. The zero-order valence-electron chi connectivity index (χ0n) is 11.7. The molecule has 1 N–H and O–H groups in total. The topological polar surface area (TPSA) is 81.5 Å². The van der Waals surface area contributed by atoms with Gasteiger partial charge in [0, 0.05) is 17.1 Å². The van der Waals surface area contributed by atoms with E-state index < -0.39 is 10.9 Å². The molecule has 2 aromatic rings. The minimum Gasteiger partial charge on any atom is -0.465 e. The summed E-state index contributed by atoms with van der Waals surface area (Å²) >= 11 is 3.29. The van der Waals surface area contributed by atoms with E-state index in [9.17, 15) is 14.9 Å². The van der Waals surface area contributed by atoms with Crippen molar-refractivity contribution < 1.29 is 14.5 Å². The number of nitrogens with one attached hydrogen (secondary N) is 1. The van der Waals surface area contributed by atoms with Crippen molar-refractivity contribution in [3.63, 3.8) is 0 Å². The highest BCUT2D eigenvalue weighted by atomic mass is 79.9. The maximum atomic E-state index is 11.3. The van der Waals surface area contributed by atoms with Crippen molar-refractivity contribution in [3.05, 3.63) is 68.2 Å². The van der Waals surface area contributed by atoms with Crippen molar-refractivity contribution in [2.45, 2.75) is 6.54 Å². The minimum absolute atomic E-state index is 0.00869. The summed E-state index contributed by atoms with van der Waals surface area (Å²) in [7, 11) is 1.32. The van der Waals surface area contributed by atoms with Crippen molar-refractivity contribution in [2.75, 3.05) is 12.4 Å². The van der Waals surface area contributed by atoms with Crippen LogP contribution in [0.1, 0.15) is 15.9 Å². The predicted octanol–water partition coefficient (Wildman–Crippen LogP) is 3.76. The second-order valence-electron chi connectivity index (χ2n) is 4.46. The molecule has 22 heavy (non-hydrogen) atoms. The zero-order valence-corrected chi connectivity index (χ0v) is 13.3. The molecule has 0 radical (unpaired) electrons. The number of nitrogens with zero attached hydrogens (tertiary/aromatic N) is 1. The summed E-state index contributed by atoms with van der Waals surface area (Å²) in [5, 5.41) is 14.0. The SMILES string of the molecule is COC(=O)c1ccc(CNc2cc(Br)ccc2[N+](=O)[O-])cc1. The van der Waals surface area contributed by atoms with Crippen LogP contribution in [0.4, 0.5) is 11.4 Å². The van der Waals surface area contributed by atoms with Crippen molar-refractivity contribution in [3.8, 4) is 0 Å². The van der Waals surface area contributed by atoms with E-state index in [0.717, 1.165) is 10.0 Å². The number of nitro benzene ring substituents is 1. The lowest BCUT2D eigenvalue weighted by molar-refractivity contribution is -0.384. The van der Waals surface area contributed by atoms with Gasteiger partial charge in [-0.1, -0.05) is 28.1 Å². The molecular formula is C15H13BrN2O4. The number of nitro groups is 1. The van der Waals surface area contributed by atoms with Gasteiger partial charge in [0.1, 0.15) is 5.69 Å². The van der Waals surface area contributed by atoms with Crippen LogP contribution < -0.4 is 5.32 Å². The van der Waals surface area contributed by atoms with Gasteiger partial charge in [0.15, 0.2) is 0 Å². The van der Waals surface area contributed by atoms with Gasteiger partial charge in [-0.25, -0.2) is 4.79 Å². The van der Waals surface area contributed by atoms with Crippen LogP contribution in [0.15, 0.2) is 46.9 Å². The van der Waals surface area contributed by atoms with Gasteiger partial charge in [-0.15, -0.1) is 0 Å². The molecule has 0 unspecified atom stereocenters. The van der Waals surface area contributed by atoms with Crippen LogP contribution in [-0.4, -0.2) is 18.0 Å². The van der Waals surface area contributed by atoms with E-state index in [0.29, 0.717) is 17.8 Å². The average molecular weight is 365 g/mol. The van der Waals surface area contributed by atoms with Gasteiger partial charge in [-0.05, 0) is 29.8 Å². The van der Waals surface area contributed by atoms with Gasteiger partial charge in [-0.3, -0.25) is 10.1 Å². The normalized spacial score (nSPS) is 10.1. The Morgan fingerprint density at radius 1 is 1.27 bits per heavy atom. The first kappa shape index (κ1) is 16.0. The highest BCUT2D eigenvalue weighted by Crippen LogP contribution is 2.28. The van der Waals surface area contributed by atoms with Crippen molar-refractivity contribution in [2.24, 2.45) is 0 Å². The Balaban J connectivity index is 2.11. The van der Waals surface area contributed by atoms with Gasteiger partial charge in [0.2, 0.25) is 0 Å². The monoisotopic (exact) mass is 364 g/mol. The summed E-state index contributed by atoms with van der Waals surface area (Å²) in [6, 6.07) is 11.5. The third-order valence-electron chi connectivity index (χ3n) is 3.01. The van der Waals surface area contributed by atoms with Crippen molar-refractivity contribution >= 4 is 33.3 Å². The first-order valence-electron chi connectivity index (χ1n) is 6.36. The van der Waals surface area contributed by atoms with Crippen molar-refractivity contribution in [1.29, 1.82) is 0 Å². The van der Waals surface area contributed by atoms with Gasteiger partial charge >= 0.3 is 5.97 Å². The van der Waals surface area contributed by atoms with Gasteiger partial charge in [0.25, 0.3) is 5.69 Å². The summed E-state index contributed by atoms with van der Waals surface area (Å²) in [5.41, 5.74) is 1.78. The molecule has 6 nitrogen and oxygen atoms in total. The molecule has 0 aliphatic heterocycles. The maximum absolute atomic E-state index is 11.3. The number of methoxy groups -OCH3 is 1. The lowest BCUT2D eigenvalue weighted by atomic mass is 10.1. The van der Waals surface area contributed by atoms with Crippen LogP contribution in [-0.2, 0) is 11.3 Å². The quantitative estimate of drug-likeness (QED) is 0.496. The summed E-state index contributed by atoms with van der Waals surface area (Å²) in [4.78, 5) is 21.9. The number of anilines is 1. The maximum Gasteiger partial charge on any atom is 0.337 e. The molecule has 0 bridgehead atoms. The van der Waals surface area contributed by atoms with E-state index in [-0.39, 0.29) is 5.69 Å². The Kier molecular flexibility index (Phi) is 5.11. The lowest BCUT2D eigenvalue weighted by Crippen LogP contribution is -2.04. The molecule has 0 spiro atoms. The summed E-state index contributed by atoms with van der Waals surface area (Å²) in [6.07, 6.45) is 0. The number of rotatable bonds is 5. The highest BCUT2D eigenvalue weighted by molar-refractivity contribution is 9.10. The number of carbonyl (C=O) groups excluding carboxylic acids is 1. The molecule has 0 fully saturated rings. The molecule has 0 aliphatic carbocycles. The molecule has 7 heteroatoms. The number of halogens is 1. The zero-order chi connectivity index (χ0) is 16.1. The number of ether oxygens (including phenoxy) is 1. The molecule has 0 atom stereocenters. The molecular weight excluding hydrogens is 352 g/mol. The van der Waals surface area contributed by atoms with Crippen LogP contribution in [0.5, 0.6) is 0 Å². The number of hydrogen-bond acceptors (Lipinski definition) is 5. The molecule has 2 rings (SSSR count). The van der Waals surface area contributed by atoms with Crippen LogP contribution in [0.25, 0.3) is 0 Å². The number of carbonyl (C=O) groups is 1. The second-order valence-corrected chi connectivity index (χ2v) is 5.38. The smallest absolute Gasteiger partial charge is 0.337 e. The van der Waals surface area contributed by atoms with Crippen molar-refractivity contribution in [1.82, 2.24) is 0 Å². The Morgan fingerprint density at radius 2 is 1.95 bits per heavy atom. The molecule has 0 amide bonds. The Labute approximate surface area is 135 Å². The lowest BCUT2D eigenvalue weighted by Gasteiger charge is -2.08. The van der Waals surface area contributed by atoms with Gasteiger partial charge in [-0.2, -0.15) is 0 Å². The largest absolute Gasteiger partial charge is 0.465 e. The second kappa shape index (κ2) is 7.04. The molecule has 2 aromatic carbocycles. The van der Waals surface area contributed by atoms with Crippen LogP contribution in [0.2, 0.25) is 0 Å². The average Bonchev–Trinajstić information content (AvgIpc) is 2.52. The van der Waals surface area contributed by atoms with Crippen LogP contribution in [0.3, 0.4) is 0 Å². The number of benzene rings is 2. The van der Waals surface area contributed by atoms with Gasteiger partial charge < -0.3 is 10.1 Å². The molecule has 0 aromatic heterocycles. The first-order valence-corrected chi connectivity index (χ1v) is 7.15. The first-order chi connectivity index (χ1) is 10.5. The Hall–Kier alpha value is -2.41. The van der Waals surface area contributed by atoms with Gasteiger partial charge in [0.05, 0.1) is 17.6 Å². The Bertz CT molecular complexity index is 701. The van der Waals surface area contributed by atoms with E-state index in [1.54, 1.807) is 36.4 Å². The molecule has 0 saturated heterocycles. The number of hydrogen-bond donors (Lipinski definition) is 1. The van der Waals surface area contributed by atoms with Crippen LogP contribution >= 0.6 is 15.9 Å². The highest BCUT2D eigenvalue weighted by Gasteiger charge is 2.13. The molecule has 0 saturated carbocycles. The summed E-state index contributed by atoms with van der Waals surface area (Å²) in [5.74, 6) is -0.401. The third-order valence-corrected chi connectivity index (χ3v) is 3.51. The predicted molar refractivity (Wildman–Crippen MR) is 85.9 cm³/mol. The fourth-order valence-electron chi connectivity index (χ4n) is 1.88. The fraction of sp³-hybridized carbons (Fsp3) is 0.133. The fourth-order valence-corrected chi connectivity index (χ4v) is 2.24. The Morgan fingerprint density at radius 3 is 2.55 bits per heavy atom.